The van der Waals surface area contributed by atoms with Gasteiger partial charge in [-0.3, -0.25) is 0 Å². The molecule has 1 aromatic rings. The molecule has 0 saturated carbocycles. The van der Waals surface area contributed by atoms with Crippen LogP contribution in [0.4, 0.5) is 5.69 Å². The van der Waals surface area contributed by atoms with E-state index in [1.807, 2.05) is 12.1 Å². The lowest BCUT2D eigenvalue weighted by molar-refractivity contribution is 0.307. The molecule has 0 fully saturated rings. The molecule has 18 heavy (non-hydrogen) atoms. The van der Waals surface area contributed by atoms with Gasteiger partial charge in [0.25, 0.3) is 0 Å². The van der Waals surface area contributed by atoms with Gasteiger partial charge in [-0.05, 0) is 25.0 Å². The lowest BCUT2D eigenvalue weighted by Gasteiger charge is -2.13. The van der Waals surface area contributed by atoms with Crippen LogP contribution in [0.25, 0.3) is 0 Å². The average Bonchev–Trinajstić information content (AvgIpc) is 2.41. The Labute approximate surface area is 112 Å². The third-order valence-electron chi connectivity index (χ3n) is 2.99. The fourth-order valence-corrected chi connectivity index (χ4v) is 1.87. The molecule has 0 bridgehead atoms. The van der Waals surface area contributed by atoms with Gasteiger partial charge in [-0.2, -0.15) is 0 Å². The summed E-state index contributed by atoms with van der Waals surface area (Å²) in [6.45, 7) is 6.29. The highest BCUT2D eigenvalue weighted by Crippen LogP contribution is 2.24. The molecule has 102 valence electrons. The quantitative estimate of drug-likeness (QED) is 0.598. The zero-order valence-electron chi connectivity index (χ0n) is 11.9. The number of para-hydroxylation sites is 2. The smallest absolute Gasteiger partial charge is 0.142 e. The first kappa shape index (κ1) is 14.9. The van der Waals surface area contributed by atoms with Crippen molar-refractivity contribution in [1.29, 1.82) is 0 Å². The molecule has 1 aromatic carbocycles. The van der Waals surface area contributed by atoms with Gasteiger partial charge in [0, 0.05) is 6.54 Å². The lowest BCUT2D eigenvalue weighted by Crippen LogP contribution is -2.05. The van der Waals surface area contributed by atoms with Crippen LogP contribution >= 0.6 is 0 Å². The predicted octanol–water partition coefficient (Wildman–Crippen LogP) is 4.86. The minimum atomic E-state index is 0.821. The molecule has 0 aliphatic carbocycles. The van der Waals surface area contributed by atoms with E-state index in [1.165, 1.54) is 32.1 Å². The average molecular weight is 249 g/mol. The molecule has 0 aromatic heterocycles. The zero-order chi connectivity index (χ0) is 13.1. The summed E-state index contributed by atoms with van der Waals surface area (Å²) < 4.78 is 5.83. The molecule has 1 rings (SSSR count). The number of ether oxygens (including phenoxy) is 1. The third-order valence-corrected chi connectivity index (χ3v) is 2.99. The van der Waals surface area contributed by atoms with Crippen LogP contribution in [0.1, 0.15) is 52.4 Å². The summed E-state index contributed by atoms with van der Waals surface area (Å²) in [6.07, 6.45) is 7.39. The van der Waals surface area contributed by atoms with Crippen molar-refractivity contribution in [2.75, 3.05) is 18.5 Å². The van der Waals surface area contributed by atoms with Crippen molar-refractivity contribution in [1.82, 2.24) is 0 Å². The van der Waals surface area contributed by atoms with Crippen LogP contribution in [0.3, 0.4) is 0 Å². The van der Waals surface area contributed by atoms with Crippen LogP contribution in [0, 0.1) is 0 Å². The van der Waals surface area contributed by atoms with Crippen LogP contribution < -0.4 is 10.1 Å². The monoisotopic (exact) mass is 249 g/mol. The maximum atomic E-state index is 5.83. The van der Waals surface area contributed by atoms with Crippen molar-refractivity contribution in [3.05, 3.63) is 24.3 Å². The molecule has 1 N–H and O–H groups in total. The van der Waals surface area contributed by atoms with Crippen LogP contribution in [-0.4, -0.2) is 13.2 Å². The van der Waals surface area contributed by atoms with E-state index >= 15 is 0 Å². The fraction of sp³-hybridized carbons (Fsp3) is 0.625. The Morgan fingerprint density at radius 2 is 1.67 bits per heavy atom. The van der Waals surface area contributed by atoms with Crippen molar-refractivity contribution in [3.63, 3.8) is 0 Å². The molecule has 0 unspecified atom stereocenters. The highest BCUT2D eigenvalue weighted by molar-refractivity contribution is 5.56. The van der Waals surface area contributed by atoms with Crippen LogP contribution in [0.15, 0.2) is 24.3 Å². The van der Waals surface area contributed by atoms with Crippen molar-refractivity contribution in [3.8, 4) is 5.75 Å². The lowest BCUT2D eigenvalue weighted by atomic mass is 10.2. The SMILES string of the molecule is CCCCCNc1ccccc1OCCCCC. The Bertz CT molecular complexity index is 281. The van der Waals surface area contributed by atoms with E-state index in [2.05, 4.69) is 31.3 Å². The molecular weight excluding hydrogens is 222 g/mol. The highest BCUT2D eigenvalue weighted by atomic mass is 16.5. The van der Waals surface area contributed by atoms with Gasteiger partial charge in [0.15, 0.2) is 0 Å². The summed E-state index contributed by atoms with van der Waals surface area (Å²) in [5.74, 6) is 0.991. The van der Waals surface area contributed by atoms with Crippen LogP contribution in [-0.2, 0) is 0 Å². The molecule has 0 amide bonds. The van der Waals surface area contributed by atoms with Gasteiger partial charge in [0.05, 0.1) is 12.3 Å². The van der Waals surface area contributed by atoms with E-state index < -0.39 is 0 Å². The van der Waals surface area contributed by atoms with E-state index in [-0.39, 0.29) is 0 Å². The Kier molecular flexibility index (Phi) is 8.11. The van der Waals surface area contributed by atoms with E-state index in [4.69, 9.17) is 4.74 Å². The Morgan fingerprint density at radius 3 is 2.44 bits per heavy atom. The summed E-state index contributed by atoms with van der Waals surface area (Å²) in [4.78, 5) is 0. The standard InChI is InChI=1S/C16H27NO/c1-3-5-9-13-17-15-11-7-8-12-16(15)18-14-10-6-4-2/h7-8,11-12,17H,3-6,9-10,13-14H2,1-2H3. The second-order valence-electron chi connectivity index (χ2n) is 4.69. The molecule has 0 saturated heterocycles. The maximum Gasteiger partial charge on any atom is 0.142 e. The summed E-state index contributed by atoms with van der Waals surface area (Å²) >= 11 is 0. The van der Waals surface area contributed by atoms with Gasteiger partial charge >= 0.3 is 0 Å². The molecule has 0 heterocycles. The van der Waals surface area contributed by atoms with Crippen LogP contribution in [0.2, 0.25) is 0 Å². The topological polar surface area (TPSA) is 21.3 Å². The van der Waals surface area contributed by atoms with Gasteiger partial charge in [-0.1, -0.05) is 51.7 Å². The Balaban J connectivity index is 2.36. The van der Waals surface area contributed by atoms with E-state index in [0.29, 0.717) is 0 Å². The first-order valence-corrected chi connectivity index (χ1v) is 7.34. The Morgan fingerprint density at radius 1 is 0.944 bits per heavy atom. The number of rotatable bonds is 10. The first-order valence-electron chi connectivity index (χ1n) is 7.34. The molecule has 0 aliphatic rings. The van der Waals surface area contributed by atoms with Crippen molar-refractivity contribution in [2.24, 2.45) is 0 Å². The molecule has 2 heteroatoms. The summed E-state index contributed by atoms with van der Waals surface area (Å²) in [7, 11) is 0. The van der Waals surface area contributed by atoms with E-state index in [0.717, 1.165) is 31.0 Å². The zero-order valence-corrected chi connectivity index (χ0v) is 11.9. The van der Waals surface area contributed by atoms with E-state index in [9.17, 15) is 0 Å². The van der Waals surface area contributed by atoms with Gasteiger partial charge in [-0.25, -0.2) is 0 Å². The molecule has 0 radical (unpaired) electrons. The minimum Gasteiger partial charge on any atom is -0.491 e. The van der Waals surface area contributed by atoms with Gasteiger partial charge in [0.2, 0.25) is 0 Å². The third kappa shape index (κ3) is 5.95. The highest BCUT2D eigenvalue weighted by Gasteiger charge is 2.01. The predicted molar refractivity (Wildman–Crippen MR) is 79.5 cm³/mol. The summed E-state index contributed by atoms with van der Waals surface area (Å²) in [5.41, 5.74) is 1.13. The number of hydrogen-bond acceptors (Lipinski definition) is 2. The van der Waals surface area contributed by atoms with Crippen molar-refractivity contribution >= 4 is 5.69 Å². The minimum absolute atomic E-state index is 0.821. The Hall–Kier alpha value is -1.18. The molecule has 0 aliphatic heterocycles. The first-order chi connectivity index (χ1) is 8.88. The normalized spacial score (nSPS) is 10.3. The fourth-order valence-electron chi connectivity index (χ4n) is 1.87. The molecule has 0 atom stereocenters. The number of unbranched alkanes of at least 4 members (excludes halogenated alkanes) is 4. The van der Waals surface area contributed by atoms with Gasteiger partial charge < -0.3 is 10.1 Å². The number of benzene rings is 1. The molecule has 0 spiro atoms. The van der Waals surface area contributed by atoms with Crippen LogP contribution in [0.5, 0.6) is 5.75 Å². The van der Waals surface area contributed by atoms with Crippen molar-refractivity contribution in [2.45, 2.75) is 52.4 Å². The van der Waals surface area contributed by atoms with E-state index in [1.54, 1.807) is 0 Å². The number of anilines is 1. The van der Waals surface area contributed by atoms with Crippen molar-refractivity contribution < 1.29 is 4.74 Å². The van der Waals surface area contributed by atoms with Gasteiger partial charge in [-0.15, -0.1) is 0 Å². The summed E-state index contributed by atoms with van der Waals surface area (Å²) in [5, 5.41) is 3.46. The number of nitrogens with one attached hydrogen (secondary N) is 1. The summed E-state index contributed by atoms with van der Waals surface area (Å²) in [6, 6.07) is 8.24. The second-order valence-corrected chi connectivity index (χ2v) is 4.69. The maximum absolute atomic E-state index is 5.83. The largest absolute Gasteiger partial charge is 0.491 e. The molecular formula is C16H27NO. The second kappa shape index (κ2) is 9.81. The van der Waals surface area contributed by atoms with Gasteiger partial charge in [0.1, 0.15) is 5.75 Å². The molecule has 2 nitrogen and oxygen atoms in total. The number of hydrogen-bond donors (Lipinski definition) is 1.